The lowest BCUT2D eigenvalue weighted by Crippen LogP contribution is -2.42. The van der Waals surface area contributed by atoms with Gasteiger partial charge in [-0.1, -0.05) is 19.3 Å². The van der Waals surface area contributed by atoms with Crippen molar-refractivity contribution in [3.05, 3.63) is 12.5 Å². The Morgan fingerprint density at radius 2 is 2.04 bits per heavy atom. The first-order valence-corrected chi connectivity index (χ1v) is 8.65. The molecule has 4 rings (SSSR count). The van der Waals surface area contributed by atoms with Gasteiger partial charge in [0.15, 0.2) is 5.65 Å². The van der Waals surface area contributed by atoms with Crippen molar-refractivity contribution in [2.75, 3.05) is 18.0 Å². The first-order chi connectivity index (χ1) is 11.4. The van der Waals surface area contributed by atoms with Crippen molar-refractivity contribution in [1.82, 2.24) is 19.7 Å². The number of hydrogen-bond acceptors (Lipinski definition) is 5. The van der Waals surface area contributed by atoms with E-state index in [1.54, 1.807) is 6.33 Å². The lowest BCUT2D eigenvalue weighted by Gasteiger charge is -2.41. The smallest absolute Gasteiger partial charge is 0.163 e. The van der Waals surface area contributed by atoms with Crippen LogP contribution in [0.4, 0.5) is 5.82 Å². The molecule has 1 saturated carbocycles. The van der Waals surface area contributed by atoms with Crippen LogP contribution < -0.4 is 4.90 Å². The molecule has 23 heavy (non-hydrogen) atoms. The summed E-state index contributed by atoms with van der Waals surface area (Å²) in [5.74, 6) is 2.74. The van der Waals surface area contributed by atoms with Gasteiger partial charge in [0.1, 0.15) is 12.1 Å². The minimum atomic E-state index is 0.448. The summed E-state index contributed by atoms with van der Waals surface area (Å²) in [6.07, 6.45) is 10.8. The lowest BCUT2D eigenvalue weighted by molar-refractivity contribution is 0.202. The second-order valence-corrected chi connectivity index (χ2v) is 6.75. The van der Waals surface area contributed by atoms with Crippen LogP contribution in [0.5, 0.6) is 0 Å². The van der Waals surface area contributed by atoms with Crippen molar-refractivity contribution >= 4 is 16.9 Å². The predicted molar refractivity (Wildman–Crippen MR) is 87.8 cm³/mol. The van der Waals surface area contributed by atoms with Gasteiger partial charge in [-0.2, -0.15) is 10.4 Å². The summed E-state index contributed by atoms with van der Waals surface area (Å²) in [4.78, 5) is 11.4. The Hall–Kier alpha value is -2.16. The van der Waals surface area contributed by atoms with E-state index in [9.17, 15) is 0 Å². The van der Waals surface area contributed by atoms with Crippen LogP contribution in [0.2, 0.25) is 0 Å². The SMILES string of the molecule is N#CCCn1ncc2c(N3CC[C@@H]4CCCC[C@H]4C3)ncnc21. The van der Waals surface area contributed by atoms with Gasteiger partial charge in [-0.25, -0.2) is 14.6 Å². The maximum absolute atomic E-state index is 8.77. The van der Waals surface area contributed by atoms with Crippen molar-refractivity contribution in [1.29, 1.82) is 5.26 Å². The molecule has 0 radical (unpaired) electrons. The van der Waals surface area contributed by atoms with Crippen LogP contribution >= 0.6 is 0 Å². The van der Waals surface area contributed by atoms with Crippen molar-refractivity contribution in [2.45, 2.75) is 45.1 Å². The van der Waals surface area contributed by atoms with Gasteiger partial charge in [0, 0.05) is 13.1 Å². The second kappa shape index (κ2) is 6.15. The summed E-state index contributed by atoms with van der Waals surface area (Å²) in [5, 5.41) is 14.2. The second-order valence-electron chi connectivity index (χ2n) is 6.75. The number of hydrogen-bond donors (Lipinski definition) is 0. The van der Waals surface area contributed by atoms with Crippen LogP contribution in [0.3, 0.4) is 0 Å². The Morgan fingerprint density at radius 3 is 2.91 bits per heavy atom. The van der Waals surface area contributed by atoms with Crippen LogP contribution in [-0.4, -0.2) is 32.8 Å². The average Bonchev–Trinajstić information content (AvgIpc) is 3.02. The molecule has 6 heteroatoms. The Kier molecular flexibility index (Phi) is 3.86. The van der Waals surface area contributed by atoms with Gasteiger partial charge in [0.25, 0.3) is 0 Å². The van der Waals surface area contributed by atoms with E-state index in [1.807, 2.05) is 10.9 Å². The summed E-state index contributed by atoms with van der Waals surface area (Å²) in [6.45, 7) is 2.78. The van der Waals surface area contributed by atoms with Crippen LogP contribution in [0.1, 0.15) is 38.5 Å². The first kappa shape index (κ1) is 14.4. The molecule has 1 aliphatic heterocycles. The largest absolute Gasteiger partial charge is 0.356 e. The molecule has 0 unspecified atom stereocenters. The quantitative estimate of drug-likeness (QED) is 0.871. The van der Waals surface area contributed by atoms with E-state index in [0.29, 0.717) is 13.0 Å². The summed E-state index contributed by atoms with van der Waals surface area (Å²) in [7, 11) is 0. The zero-order valence-electron chi connectivity index (χ0n) is 13.4. The minimum absolute atomic E-state index is 0.448. The van der Waals surface area contributed by atoms with Crippen LogP contribution in [0.15, 0.2) is 12.5 Å². The fourth-order valence-electron chi connectivity index (χ4n) is 4.25. The number of aryl methyl sites for hydroxylation is 1. The third-order valence-electron chi connectivity index (χ3n) is 5.44. The zero-order chi connectivity index (χ0) is 15.6. The highest BCUT2D eigenvalue weighted by Crippen LogP contribution is 2.38. The molecule has 2 aliphatic rings. The van der Waals surface area contributed by atoms with Gasteiger partial charge in [0.05, 0.1) is 30.6 Å². The molecule has 0 spiro atoms. The van der Waals surface area contributed by atoms with Crippen molar-refractivity contribution in [3.63, 3.8) is 0 Å². The van der Waals surface area contributed by atoms with Gasteiger partial charge >= 0.3 is 0 Å². The highest BCUT2D eigenvalue weighted by Gasteiger charge is 2.32. The van der Waals surface area contributed by atoms with E-state index in [1.165, 1.54) is 32.1 Å². The van der Waals surface area contributed by atoms with Crippen LogP contribution in [0.25, 0.3) is 11.0 Å². The highest BCUT2D eigenvalue weighted by molar-refractivity contribution is 5.86. The molecule has 120 valence electrons. The van der Waals surface area contributed by atoms with Gasteiger partial charge in [-0.3, -0.25) is 0 Å². The fraction of sp³-hybridized carbons (Fsp3) is 0.647. The standard InChI is InChI=1S/C17H22N6/c18-7-3-8-23-17-15(10-21-23)16(19-12-20-17)22-9-6-13-4-1-2-5-14(13)11-22/h10,12-14H,1-6,8-9,11H2/t13-,14-/m0/s1. The number of anilines is 1. The summed E-state index contributed by atoms with van der Waals surface area (Å²) < 4.78 is 1.82. The molecule has 0 bridgehead atoms. The van der Waals surface area contributed by atoms with Gasteiger partial charge < -0.3 is 4.90 Å². The van der Waals surface area contributed by atoms with E-state index >= 15 is 0 Å². The number of nitrogens with zero attached hydrogens (tertiary/aromatic N) is 6. The monoisotopic (exact) mass is 310 g/mol. The number of piperidine rings is 1. The molecule has 2 aromatic rings. The van der Waals surface area contributed by atoms with Crippen LogP contribution in [0, 0.1) is 23.2 Å². The van der Waals surface area contributed by atoms with Gasteiger partial charge in [-0.15, -0.1) is 0 Å². The number of aromatic nitrogens is 4. The maximum Gasteiger partial charge on any atom is 0.163 e. The average molecular weight is 310 g/mol. The topological polar surface area (TPSA) is 70.6 Å². The summed E-state index contributed by atoms with van der Waals surface area (Å²) >= 11 is 0. The molecule has 1 aliphatic carbocycles. The Morgan fingerprint density at radius 1 is 1.17 bits per heavy atom. The van der Waals surface area contributed by atoms with Crippen molar-refractivity contribution < 1.29 is 0 Å². The number of nitriles is 1. The molecule has 0 amide bonds. The van der Waals surface area contributed by atoms with Gasteiger partial charge in [-0.05, 0) is 24.7 Å². The van der Waals surface area contributed by atoms with E-state index in [-0.39, 0.29) is 0 Å². The molecular formula is C17H22N6. The Bertz CT molecular complexity index is 730. The molecular weight excluding hydrogens is 288 g/mol. The first-order valence-electron chi connectivity index (χ1n) is 8.65. The molecule has 6 nitrogen and oxygen atoms in total. The molecule has 2 atom stereocenters. The van der Waals surface area contributed by atoms with Crippen molar-refractivity contribution in [2.24, 2.45) is 11.8 Å². The summed E-state index contributed by atoms with van der Waals surface area (Å²) in [5.41, 5.74) is 0.844. The molecule has 2 aromatic heterocycles. The molecule has 2 fully saturated rings. The van der Waals surface area contributed by atoms with E-state index in [4.69, 9.17) is 5.26 Å². The normalized spacial score (nSPS) is 24.4. The predicted octanol–water partition coefficient (Wildman–Crippen LogP) is 2.76. The van der Waals surface area contributed by atoms with Crippen molar-refractivity contribution in [3.8, 4) is 6.07 Å². The highest BCUT2D eigenvalue weighted by atomic mass is 15.3. The third-order valence-corrected chi connectivity index (χ3v) is 5.44. The van der Waals surface area contributed by atoms with E-state index in [0.717, 1.165) is 41.8 Å². The third kappa shape index (κ3) is 2.65. The minimum Gasteiger partial charge on any atom is -0.356 e. The number of rotatable bonds is 3. The van der Waals surface area contributed by atoms with Gasteiger partial charge in [0.2, 0.25) is 0 Å². The van der Waals surface area contributed by atoms with Crippen LogP contribution in [-0.2, 0) is 6.54 Å². The molecule has 1 saturated heterocycles. The summed E-state index contributed by atoms with van der Waals surface area (Å²) in [6, 6.07) is 2.17. The molecule has 0 aromatic carbocycles. The lowest BCUT2D eigenvalue weighted by atomic mass is 9.75. The maximum atomic E-state index is 8.77. The fourth-order valence-corrected chi connectivity index (χ4v) is 4.25. The van der Waals surface area contributed by atoms with E-state index in [2.05, 4.69) is 26.0 Å². The zero-order valence-corrected chi connectivity index (χ0v) is 13.4. The van der Waals surface area contributed by atoms with E-state index < -0.39 is 0 Å². The molecule has 3 heterocycles. The Balaban J connectivity index is 1.61. The Labute approximate surface area is 136 Å². The molecule has 0 N–H and O–H groups in total. The number of fused-ring (bicyclic) bond motifs is 2.